The van der Waals surface area contributed by atoms with Gasteiger partial charge in [0.15, 0.2) is 0 Å². The summed E-state index contributed by atoms with van der Waals surface area (Å²) in [5.41, 5.74) is -1.61. The topological polar surface area (TPSA) is 72.2 Å². The average molecular weight is 366 g/mol. The first kappa shape index (κ1) is 19.4. The van der Waals surface area contributed by atoms with E-state index in [9.17, 15) is 28.1 Å². The Morgan fingerprint density at radius 3 is 2.31 bits per heavy atom. The molecule has 0 aliphatic rings. The molecule has 0 aromatic heterocycles. The normalized spacial score (nSPS) is 11.9. The van der Waals surface area contributed by atoms with Crippen molar-refractivity contribution in [1.29, 1.82) is 0 Å². The van der Waals surface area contributed by atoms with Gasteiger partial charge in [0.2, 0.25) is 0 Å². The Hall–Kier alpha value is -2.90. The molecule has 0 unspecified atom stereocenters. The molecule has 26 heavy (non-hydrogen) atoms. The van der Waals surface area contributed by atoms with Crippen molar-refractivity contribution >= 4 is 11.6 Å². The van der Waals surface area contributed by atoms with Crippen LogP contribution in [0.1, 0.15) is 35.3 Å². The summed E-state index contributed by atoms with van der Waals surface area (Å²) in [7, 11) is 0. The number of para-hydroxylation sites is 1. The fourth-order valence-electron chi connectivity index (χ4n) is 2.44. The van der Waals surface area contributed by atoms with Crippen LogP contribution < -0.4 is 5.32 Å². The molecule has 2 aromatic carbocycles. The van der Waals surface area contributed by atoms with Gasteiger partial charge in [-0.25, -0.2) is 0 Å². The van der Waals surface area contributed by atoms with Crippen LogP contribution in [0, 0.1) is 10.1 Å². The van der Waals surface area contributed by atoms with Crippen molar-refractivity contribution in [2.75, 3.05) is 6.54 Å². The lowest BCUT2D eigenvalue weighted by molar-refractivity contribution is -0.385. The standard InChI is InChI=1S/C18H17F3N2O3/c1-17(2,12-6-5-7-13(10-12)18(19,20)21)11-22-16(24)14-8-3-4-9-15(14)23(25)26/h3-10H,11H2,1-2H3,(H,22,24). The quantitative estimate of drug-likeness (QED) is 0.633. The smallest absolute Gasteiger partial charge is 0.351 e. The molecule has 0 bridgehead atoms. The van der Waals surface area contributed by atoms with E-state index in [0.29, 0.717) is 5.56 Å². The highest BCUT2D eigenvalue weighted by molar-refractivity contribution is 5.98. The molecule has 0 heterocycles. The summed E-state index contributed by atoms with van der Waals surface area (Å²) in [4.78, 5) is 22.6. The van der Waals surface area contributed by atoms with Crippen LogP contribution >= 0.6 is 0 Å². The molecule has 0 aliphatic carbocycles. The van der Waals surface area contributed by atoms with Gasteiger partial charge in [0.05, 0.1) is 10.5 Å². The summed E-state index contributed by atoms with van der Waals surface area (Å²) in [6, 6.07) is 10.4. The molecule has 1 amide bonds. The summed E-state index contributed by atoms with van der Waals surface area (Å²) in [6.07, 6.45) is -4.46. The van der Waals surface area contributed by atoms with Crippen LogP contribution in [0.25, 0.3) is 0 Å². The zero-order valence-electron chi connectivity index (χ0n) is 14.1. The Bertz CT molecular complexity index is 832. The minimum absolute atomic E-state index is 0.0131. The molecule has 0 saturated carbocycles. The number of carbonyl (C=O) groups is 1. The van der Waals surface area contributed by atoms with Crippen LogP contribution in [0.2, 0.25) is 0 Å². The summed E-state index contributed by atoms with van der Waals surface area (Å²) in [6.45, 7) is 3.38. The third kappa shape index (κ3) is 4.38. The number of nitrogens with one attached hydrogen (secondary N) is 1. The molecular formula is C18H17F3N2O3. The van der Waals surface area contributed by atoms with Crippen molar-refractivity contribution in [2.24, 2.45) is 0 Å². The fraction of sp³-hybridized carbons (Fsp3) is 0.278. The van der Waals surface area contributed by atoms with Crippen molar-refractivity contribution in [2.45, 2.75) is 25.4 Å². The van der Waals surface area contributed by atoms with Crippen molar-refractivity contribution in [3.8, 4) is 0 Å². The number of amides is 1. The van der Waals surface area contributed by atoms with Gasteiger partial charge in [0.25, 0.3) is 11.6 Å². The Morgan fingerprint density at radius 2 is 1.69 bits per heavy atom. The molecule has 0 radical (unpaired) electrons. The number of alkyl halides is 3. The monoisotopic (exact) mass is 366 g/mol. The first-order chi connectivity index (χ1) is 12.0. The van der Waals surface area contributed by atoms with Crippen LogP contribution in [0.15, 0.2) is 48.5 Å². The van der Waals surface area contributed by atoms with Gasteiger partial charge in [-0.2, -0.15) is 13.2 Å². The summed E-state index contributed by atoms with van der Waals surface area (Å²) in [5.74, 6) is -0.655. The van der Waals surface area contributed by atoms with E-state index in [1.165, 1.54) is 30.3 Å². The van der Waals surface area contributed by atoms with Crippen LogP contribution in [0.5, 0.6) is 0 Å². The highest BCUT2D eigenvalue weighted by Crippen LogP contribution is 2.32. The van der Waals surface area contributed by atoms with E-state index in [1.807, 2.05) is 0 Å². The highest BCUT2D eigenvalue weighted by atomic mass is 19.4. The van der Waals surface area contributed by atoms with Gasteiger partial charge >= 0.3 is 6.18 Å². The lowest BCUT2D eigenvalue weighted by Gasteiger charge is -2.26. The lowest BCUT2D eigenvalue weighted by Crippen LogP contribution is -2.37. The molecule has 0 spiro atoms. The molecule has 0 atom stereocenters. The third-order valence-electron chi connectivity index (χ3n) is 4.01. The molecule has 2 rings (SSSR count). The Kier molecular flexibility index (Phi) is 5.34. The summed E-state index contributed by atoms with van der Waals surface area (Å²) in [5, 5.41) is 13.6. The Balaban J connectivity index is 2.18. The summed E-state index contributed by atoms with van der Waals surface area (Å²) >= 11 is 0. The van der Waals surface area contributed by atoms with Gasteiger partial charge in [-0.1, -0.05) is 44.2 Å². The van der Waals surface area contributed by atoms with Crippen LogP contribution in [-0.2, 0) is 11.6 Å². The van der Waals surface area contributed by atoms with Crippen LogP contribution in [0.4, 0.5) is 18.9 Å². The summed E-state index contributed by atoms with van der Waals surface area (Å²) < 4.78 is 38.6. The van der Waals surface area contributed by atoms with E-state index in [1.54, 1.807) is 19.9 Å². The average Bonchev–Trinajstić information content (AvgIpc) is 2.59. The SMILES string of the molecule is CC(C)(CNC(=O)c1ccccc1[N+](=O)[O-])c1cccc(C(F)(F)F)c1. The second-order valence-electron chi connectivity index (χ2n) is 6.42. The van der Waals surface area contributed by atoms with Gasteiger partial charge < -0.3 is 5.32 Å². The number of nitro benzene ring substituents is 1. The maximum absolute atomic E-state index is 12.9. The minimum Gasteiger partial charge on any atom is -0.351 e. The van der Waals surface area contributed by atoms with Gasteiger partial charge in [0, 0.05) is 18.0 Å². The zero-order chi connectivity index (χ0) is 19.5. The minimum atomic E-state index is -4.46. The fourth-order valence-corrected chi connectivity index (χ4v) is 2.44. The maximum atomic E-state index is 12.9. The first-order valence-corrected chi connectivity index (χ1v) is 7.72. The van der Waals surface area contributed by atoms with Gasteiger partial charge in [0.1, 0.15) is 5.56 Å². The second kappa shape index (κ2) is 7.15. The van der Waals surface area contributed by atoms with Crippen molar-refractivity contribution in [3.63, 3.8) is 0 Å². The molecule has 0 saturated heterocycles. The first-order valence-electron chi connectivity index (χ1n) is 7.72. The lowest BCUT2D eigenvalue weighted by atomic mass is 9.83. The zero-order valence-corrected chi connectivity index (χ0v) is 14.1. The van der Waals surface area contributed by atoms with Gasteiger partial charge in [-0.15, -0.1) is 0 Å². The Morgan fingerprint density at radius 1 is 1.08 bits per heavy atom. The third-order valence-corrected chi connectivity index (χ3v) is 4.01. The van der Waals surface area contributed by atoms with Gasteiger partial charge in [-0.05, 0) is 17.7 Å². The second-order valence-corrected chi connectivity index (χ2v) is 6.42. The molecule has 138 valence electrons. The largest absolute Gasteiger partial charge is 0.416 e. The number of carbonyl (C=O) groups excluding carboxylic acids is 1. The predicted molar refractivity (Wildman–Crippen MR) is 89.9 cm³/mol. The predicted octanol–water partition coefficient (Wildman–Crippen LogP) is 4.32. The number of benzene rings is 2. The van der Waals surface area contributed by atoms with E-state index < -0.39 is 28.0 Å². The molecule has 5 nitrogen and oxygen atoms in total. The van der Waals surface area contributed by atoms with E-state index in [0.717, 1.165) is 12.1 Å². The van der Waals surface area contributed by atoms with Crippen molar-refractivity contribution < 1.29 is 22.9 Å². The number of hydrogen-bond donors (Lipinski definition) is 1. The molecular weight excluding hydrogens is 349 g/mol. The van der Waals surface area contributed by atoms with Crippen molar-refractivity contribution in [3.05, 3.63) is 75.3 Å². The van der Waals surface area contributed by atoms with Gasteiger partial charge in [-0.3, -0.25) is 14.9 Å². The maximum Gasteiger partial charge on any atom is 0.416 e. The number of nitro groups is 1. The highest BCUT2D eigenvalue weighted by Gasteiger charge is 2.32. The van der Waals surface area contributed by atoms with Crippen molar-refractivity contribution in [1.82, 2.24) is 5.32 Å². The van der Waals surface area contributed by atoms with E-state index in [2.05, 4.69) is 5.32 Å². The number of rotatable bonds is 5. The van der Waals surface area contributed by atoms with Crippen LogP contribution in [0.3, 0.4) is 0 Å². The molecule has 2 aromatic rings. The molecule has 0 fully saturated rings. The van der Waals surface area contributed by atoms with E-state index in [4.69, 9.17) is 0 Å². The number of halogens is 3. The van der Waals surface area contributed by atoms with E-state index in [-0.39, 0.29) is 17.8 Å². The number of hydrogen-bond acceptors (Lipinski definition) is 3. The Labute approximate surface area is 148 Å². The van der Waals surface area contributed by atoms with Crippen LogP contribution in [-0.4, -0.2) is 17.4 Å². The molecule has 8 heteroatoms. The number of nitrogens with zero attached hydrogens (tertiary/aromatic N) is 1. The molecule has 0 aliphatic heterocycles. The molecule has 1 N–H and O–H groups in total. The van der Waals surface area contributed by atoms with E-state index >= 15 is 0 Å².